The molecule has 0 fully saturated rings. The van der Waals surface area contributed by atoms with E-state index in [0.29, 0.717) is 16.9 Å². The summed E-state index contributed by atoms with van der Waals surface area (Å²) in [6, 6.07) is 4.79. The van der Waals surface area contributed by atoms with Gasteiger partial charge in [0.25, 0.3) is 0 Å². The van der Waals surface area contributed by atoms with Gasteiger partial charge in [-0.2, -0.15) is 0 Å². The number of fused-ring (bicyclic) bond motifs is 1. The smallest absolute Gasteiger partial charge is 0.179 e. The van der Waals surface area contributed by atoms with Gasteiger partial charge in [0.2, 0.25) is 0 Å². The highest BCUT2D eigenvalue weighted by molar-refractivity contribution is 6.03. The van der Waals surface area contributed by atoms with Crippen LogP contribution in [0, 0.1) is 6.92 Å². The Balaban J connectivity index is 2.63. The standard InChI is InChI=1S/C13H15NO3/c1-7-4-10-5-9(12(15)8(2)14)6-11(16-3)13(10)17-7/h4-6,8H,14H2,1-3H3. The van der Waals surface area contributed by atoms with Gasteiger partial charge in [-0.25, -0.2) is 0 Å². The zero-order valence-corrected chi connectivity index (χ0v) is 10.1. The summed E-state index contributed by atoms with van der Waals surface area (Å²) in [5, 5.41) is 0.853. The quantitative estimate of drug-likeness (QED) is 0.826. The molecule has 0 saturated heterocycles. The molecule has 90 valence electrons. The lowest BCUT2D eigenvalue weighted by atomic mass is 10.0. The van der Waals surface area contributed by atoms with Crippen LogP contribution in [0.25, 0.3) is 11.0 Å². The predicted octanol–water partition coefficient (Wildman–Crippen LogP) is 2.28. The van der Waals surface area contributed by atoms with Crippen molar-refractivity contribution >= 4 is 16.8 Å². The number of ketones is 1. The topological polar surface area (TPSA) is 65.5 Å². The summed E-state index contributed by atoms with van der Waals surface area (Å²) in [6.45, 7) is 3.52. The van der Waals surface area contributed by atoms with Gasteiger partial charge in [-0.15, -0.1) is 0 Å². The first-order chi connectivity index (χ1) is 8.02. The number of methoxy groups -OCH3 is 1. The first kappa shape index (κ1) is 11.7. The number of ether oxygens (including phenoxy) is 1. The number of hydrogen-bond acceptors (Lipinski definition) is 4. The zero-order chi connectivity index (χ0) is 12.6. The van der Waals surface area contributed by atoms with E-state index in [1.807, 2.05) is 13.0 Å². The Bertz CT molecular complexity index is 569. The second-order valence-corrected chi connectivity index (χ2v) is 4.11. The molecular weight excluding hydrogens is 218 g/mol. The summed E-state index contributed by atoms with van der Waals surface area (Å²) >= 11 is 0. The number of rotatable bonds is 3. The molecule has 1 aromatic carbocycles. The Morgan fingerprint density at radius 3 is 2.71 bits per heavy atom. The summed E-state index contributed by atoms with van der Waals surface area (Å²) in [6.07, 6.45) is 0. The maximum absolute atomic E-state index is 11.9. The molecule has 2 rings (SSSR count). The highest BCUT2D eigenvalue weighted by Crippen LogP contribution is 2.30. The molecule has 0 spiro atoms. The number of benzene rings is 1. The van der Waals surface area contributed by atoms with Crippen LogP contribution in [0.3, 0.4) is 0 Å². The van der Waals surface area contributed by atoms with Crippen molar-refractivity contribution in [3.63, 3.8) is 0 Å². The molecule has 2 N–H and O–H groups in total. The predicted molar refractivity (Wildman–Crippen MR) is 65.5 cm³/mol. The minimum atomic E-state index is -0.523. The number of nitrogens with two attached hydrogens (primary N) is 1. The molecule has 0 aliphatic rings. The van der Waals surface area contributed by atoms with Crippen molar-refractivity contribution in [1.82, 2.24) is 0 Å². The van der Waals surface area contributed by atoms with Gasteiger partial charge < -0.3 is 14.9 Å². The van der Waals surface area contributed by atoms with E-state index >= 15 is 0 Å². The molecule has 4 heteroatoms. The minimum absolute atomic E-state index is 0.107. The maximum Gasteiger partial charge on any atom is 0.179 e. The van der Waals surface area contributed by atoms with Crippen LogP contribution < -0.4 is 10.5 Å². The highest BCUT2D eigenvalue weighted by Gasteiger charge is 2.16. The Kier molecular flexibility index (Phi) is 2.90. The minimum Gasteiger partial charge on any atom is -0.493 e. The average Bonchev–Trinajstić information content (AvgIpc) is 2.66. The highest BCUT2D eigenvalue weighted by atomic mass is 16.5. The molecule has 1 unspecified atom stereocenters. The Morgan fingerprint density at radius 1 is 1.41 bits per heavy atom. The van der Waals surface area contributed by atoms with E-state index in [1.54, 1.807) is 26.2 Å². The molecule has 0 bridgehead atoms. The normalized spacial score (nSPS) is 12.7. The van der Waals surface area contributed by atoms with Crippen molar-refractivity contribution < 1.29 is 13.9 Å². The lowest BCUT2D eigenvalue weighted by molar-refractivity contribution is 0.0968. The lowest BCUT2D eigenvalue weighted by Crippen LogP contribution is -2.26. The van der Waals surface area contributed by atoms with Crippen molar-refractivity contribution in [1.29, 1.82) is 0 Å². The molecule has 0 radical (unpaired) electrons. The monoisotopic (exact) mass is 233 g/mol. The van der Waals surface area contributed by atoms with Crippen molar-refractivity contribution in [2.75, 3.05) is 7.11 Å². The van der Waals surface area contributed by atoms with Crippen molar-refractivity contribution in [3.05, 3.63) is 29.5 Å². The van der Waals surface area contributed by atoms with Gasteiger partial charge in [-0.3, -0.25) is 4.79 Å². The Morgan fingerprint density at radius 2 is 2.12 bits per heavy atom. The van der Waals surface area contributed by atoms with Crippen LogP contribution in [0.15, 0.2) is 22.6 Å². The van der Waals surface area contributed by atoms with Crippen LogP contribution in [-0.4, -0.2) is 18.9 Å². The van der Waals surface area contributed by atoms with Crippen molar-refractivity contribution in [3.8, 4) is 5.75 Å². The summed E-state index contributed by atoms with van der Waals surface area (Å²) in [7, 11) is 1.55. The fourth-order valence-electron chi connectivity index (χ4n) is 1.81. The van der Waals surface area contributed by atoms with E-state index in [4.69, 9.17) is 14.9 Å². The van der Waals surface area contributed by atoms with E-state index < -0.39 is 6.04 Å². The van der Waals surface area contributed by atoms with E-state index in [-0.39, 0.29) is 5.78 Å². The van der Waals surface area contributed by atoms with Crippen LogP contribution in [0.5, 0.6) is 5.75 Å². The van der Waals surface area contributed by atoms with E-state index in [1.165, 1.54) is 0 Å². The third-order valence-corrected chi connectivity index (χ3v) is 2.62. The second-order valence-electron chi connectivity index (χ2n) is 4.11. The third-order valence-electron chi connectivity index (χ3n) is 2.62. The van der Waals surface area contributed by atoms with E-state index in [9.17, 15) is 4.79 Å². The summed E-state index contributed by atoms with van der Waals surface area (Å²) in [5.41, 5.74) is 6.80. The molecule has 0 saturated carbocycles. The van der Waals surface area contributed by atoms with Gasteiger partial charge in [0.15, 0.2) is 17.1 Å². The van der Waals surface area contributed by atoms with Gasteiger partial charge in [0.1, 0.15) is 5.76 Å². The van der Waals surface area contributed by atoms with E-state index in [2.05, 4.69) is 0 Å². The molecule has 1 heterocycles. The number of Topliss-reactive ketones (excluding diaryl/α,β-unsaturated/α-hetero) is 1. The van der Waals surface area contributed by atoms with Crippen LogP contribution in [-0.2, 0) is 0 Å². The molecule has 2 aromatic rings. The number of aryl methyl sites for hydroxylation is 1. The Hall–Kier alpha value is -1.81. The number of furan rings is 1. The second kappa shape index (κ2) is 4.22. The van der Waals surface area contributed by atoms with Crippen molar-refractivity contribution in [2.24, 2.45) is 5.73 Å². The summed E-state index contributed by atoms with van der Waals surface area (Å²) in [5.74, 6) is 1.23. The van der Waals surface area contributed by atoms with Crippen LogP contribution in [0.2, 0.25) is 0 Å². The number of carbonyl (C=O) groups excluding carboxylic acids is 1. The summed E-state index contributed by atoms with van der Waals surface area (Å²) in [4.78, 5) is 11.9. The molecule has 0 aliphatic heterocycles. The fraction of sp³-hybridized carbons (Fsp3) is 0.308. The van der Waals surface area contributed by atoms with Gasteiger partial charge in [-0.1, -0.05) is 0 Å². The molecule has 0 amide bonds. The average molecular weight is 233 g/mol. The molecular formula is C13H15NO3. The molecule has 4 nitrogen and oxygen atoms in total. The maximum atomic E-state index is 11.9. The van der Waals surface area contributed by atoms with Crippen LogP contribution >= 0.6 is 0 Å². The molecule has 1 aromatic heterocycles. The fourth-order valence-corrected chi connectivity index (χ4v) is 1.81. The van der Waals surface area contributed by atoms with Gasteiger partial charge >= 0.3 is 0 Å². The lowest BCUT2D eigenvalue weighted by Gasteiger charge is -2.07. The molecule has 0 aliphatic carbocycles. The first-order valence-electron chi connectivity index (χ1n) is 5.41. The van der Waals surface area contributed by atoms with Gasteiger partial charge in [0, 0.05) is 10.9 Å². The van der Waals surface area contributed by atoms with Crippen LogP contribution in [0.1, 0.15) is 23.0 Å². The summed E-state index contributed by atoms with van der Waals surface area (Å²) < 4.78 is 10.7. The number of hydrogen-bond donors (Lipinski definition) is 1. The Labute approximate surface area is 99.3 Å². The number of carbonyl (C=O) groups is 1. The first-order valence-corrected chi connectivity index (χ1v) is 5.41. The molecule has 1 atom stereocenters. The van der Waals surface area contributed by atoms with Gasteiger partial charge in [-0.05, 0) is 32.0 Å². The molecule has 17 heavy (non-hydrogen) atoms. The van der Waals surface area contributed by atoms with Crippen molar-refractivity contribution in [2.45, 2.75) is 19.9 Å². The zero-order valence-electron chi connectivity index (χ0n) is 10.1. The van der Waals surface area contributed by atoms with Gasteiger partial charge in [0.05, 0.1) is 13.2 Å². The third kappa shape index (κ3) is 2.03. The van der Waals surface area contributed by atoms with Crippen LogP contribution in [0.4, 0.5) is 0 Å². The van der Waals surface area contributed by atoms with E-state index in [0.717, 1.165) is 11.1 Å². The largest absolute Gasteiger partial charge is 0.493 e. The SMILES string of the molecule is COc1cc(C(=O)C(C)N)cc2cc(C)oc12.